The second-order valence-corrected chi connectivity index (χ2v) is 9.69. The molecule has 0 spiro atoms. The molecule has 0 radical (unpaired) electrons. The van der Waals surface area contributed by atoms with Crippen molar-refractivity contribution in [2.24, 2.45) is 0 Å². The predicted molar refractivity (Wildman–Crippen MR) is 142 cm³/mol. The fraction of sp³-hybridized carbons (Fsp3) is 0.323. The summed E-state index contributed by atoms with van der Waals surface area (Å²) in [5.74, 6) is 1.88. The minimum Gasteiger partial charge on any atom is -0.438 e. The number of aryl methyl sites for hydroxylation is 1. The van der Waals surface area contributed by atoms with Crippen LogP contribution >= 0.6 is 0 Å². The van der Waals surface area contributed by atoms with Gasteiger partial charge in [0, 0.05) is 24.6 Å². The lowest BCUT2D eigenvalue weighted by molar-refractivity contribution is -0.437. The molecule has 1 atom stereocenters. The zero-order valence-electron chi connectivity index (χ0n) is 20.8. The van der Waals surface area contributed by atoms with E-state index in [-0.39, 0.29) is 5.41 Å². The fourth-order valence-corrected chi connectivity index (χ4v) is 5.55. The van der Waals surface area contributed by atoms with E-state index in [0.717, 1.165) is 49.7 Å². The third-order valence-electron chi connectivity index (χ3n) is 7.24. The van der Waals surface area contributed by atoms with Crippen LogP contribution in [0, 0.1) is 6.92 Å². The smallest absolute Gasteiger partial charge is 0.209 e. The van der Waals surface area contributed by atoms with E-state index in [0.29, 0.717) is 0 Å². The summed E-state index contributed by atoms with van der Waals surface area (Å²) in [6, 6.07) is 26.1. The van der Waals surface area contributed by atoms with E-state index in [9.17, 15) is 0 Å². The van der Waals surface area contributed by atoms with Crippen LogP contribution in [0.15, 0.2) is 84.8 Å². The Morgan fingerprint density at radius 1 is 0.912 bits per heavy atom. The molecule has 174 valence electrons. The molecule has 0 saturated heterocycles. The summed E-state index contributed by atoms with van der Waals surface area (Å²) in [5, 5.41) is 0. The maximum absolute atomic E-state index is 6.47. The van der Waals surface area contributed by atoms with Crippen LogP contribution in [0.1, 0.15) is 50.3 Å². The van der Waals surface area contributed by atoms with Crippen LogP contribution in [0.3, 0.4) is 0 Å². The highest BCUT2D eigenvalue weighted by molar-refractivity contribution is 6.04. The van der Waals surface area contributed by atoms with Crippen LogP contribution in [-0.2, 0) is 11.8 Å². The first-order chi connectivity index (χ1) is 16.6. The maximum Gasteiger partial charge on any atom is 0.209 e. The van der Waals surface area contributed by atoms with Crippen molar-refractivity contribution >= 4 is 17.1 Å². The zero-order valence-corrected chi connectivity index (χ0v) is 20.8. The topological polar surface area (TPSA) is 15.5 Å². The van der Waals surface area contributed by atoms with Crippen molar-refractivity contribution in [2.45, 2.75) is 52.4 Å². The lowest BCUT2D eigenvalue weighted by atomic mass is 9.74. The normalized spacial score (nSPS) is 20.0. The molecule has 3 aromatic carbocycles. The highest BCUT2D eigenvalue weighted by atomic mass is 16.5. The molecular formula is C31H35N2O+. The van der Waals surface area contributed by atoms with E-state index in [1.807, 2.05) is 0 Å². The Morgan fingerprint density at radius 3 is 2.44 bits per heavy atom. The van der Waals surface area contributed by atoms with Crippen molar-refractivity contribution in [3.8, 4) is 5.75 Å². The number of hydrogen-bond donors (Lipinski definition) is 0. The van der Waals surface area contributed by atoms with Crippen molar-refractivity contribution in [1.82, 2.24) is 0 Å². The number of anilines is 1. The third-order valence-corrected chi connectivity index (χ3v) is 7.24. The Labute approximate surface area is 204 Å². The minimum atomic E-state index is -0.152. The number of hydrogen-bond acceptors (Lipinski definition) is 2. The summed E-state index contributed by atoms with van der Waals surface area (Å²) in [5.41, 5.74) is 7.80. The van der Waals surface area contributed by atoms with Gasteiger partial charge in [-0.3, -0.25) is 0 Å². The van der Waals surface area contributed by atoms with Gasteiger partial charge in [0.05, 0.1) is 17.2 Å². The van der Waals surface area contributed by atoms with Crippen LogP contribution in [0.25, 0.3) is 0 Å². The van der Waals surface area contributed by atoms with E-state index in [1.165, 1.54) is 28.1 Å². The Kier molecular flexibility index (Phi) is 6.03. The first kappa shape index (κ1) is 22.5. The van der Waals surface area contributed by atoms with Crippen molar-refractivity contribution in [3.05, 3.63) is 101 Å². The lowest BCUT2D eigenvalue weighted by Crippen LogP contribution is -2.35. The monoisotopic (exact) mass is 451 g/mol. The van der Waals surface area contributed by atoms with E-state index in [1.54, 1.807) is 0 Å². The molecule has 0 aliphatic carbocycles. The Morgan fingerprint density at radius 2 is 1.65 bits per heavy atom. The molecule has 0 bridgehead atoms. The highest BCUT2D eigenvalue weighted by Gasteiger charge is 2.48. The van der Waals surface area contributed by atoms with Gasteiger partial charge in [0.15, 0.2) is 11.5 Å². The zero-order chi connectivity index (χ0) is 23.7. The van der Waals surface area contributed by atoms with Gasteiger partial charge in [-0.05, 0) is 49.9 Å². The number of para-hydroxylation sites is 3. The average molecular weight is 452 g/mol. The molecule has 2 aliphatic heterocycles. The molecule has 2 aliphatic rings. The quantitative estimate of drug-likeness (QED) is 0.354. The number of nitrogens with zero attached hydrogens (tertiary/aromatic N) is 2. The highest BCUT2D eigenvalue weighted by Crippen LogP contribution is 2.45. The number of benzene rings is 3. The molecule has 0 fully saturated rings. The van der Waals surface area contributed by atoms with Gasteiger partial charge in [-0.2, -0.15) is 4.58 Å². The summed E-state index contributed by atoms with van der Waals surface area (Å²) in [7, 11) is 0. The lowest BCUT2D eigenvalue weighted by Gasteiger charge is -2.25. The molecule has 3 aromatic rings. The first-order valence-corrected chi connectivity index (χ1v) is 12.6. The second-order valence-electron chi connectivity index (χ2n) is 9.69. The number of fused-ring (bicyclic) bond motifs is 2. The summed E-state index contributed by atoms with van der Waals surface area (Å²) in [6.07, 6.45) is 5.42. The predicted octanol–water partition coefficient (Wildman–Crippen LogP) is 7.15. The molecule has 0 N–H and O–H groups in total. The molecule has 0 amide bonds. The first-order valence-electron chi connectivity index (χ1n) is 12.6. The van der Waals surface area contributed by atoms with Gasteiger partial charge in [0.2, 0.25) is 11.6 Å². The van der Waals surface area contributed by atoms with Gasteiger partial charge < -0.3 is 9.64 Å². The molecule has 5 rings (SSSR count). The van der Waals surface area contributed by atoms with Gasteiger partial charge in [0.1, 0.15) is 6.54 Å². The van der Waals surface area contributed by atoms with Crippen LogP contribution < -0.4 is 9.64 Å². The third kappa shape index (κ3) is 3.73. The maximum atomic E-state index is 6.47. The van der Waals surface area contributed by atoms with Gasteiger partial charge in [-0.15, -0.1) is 0 Å². The van der Waals surface area contributed by atoms with Gasteiger partial charge in [-0.25, -0.2) is 0 Å². The van der Waals surface area contributed by atoms with Crippen molar-refractivity contribution < 1.29 is 9.31 Å². The Bertz CT molecular complexity index is 1270. The Hall–Kier alpha value is -3.33. The Balaban J connectivity index is 1.68. The summed E-state index contributed by atoms with van der Waals surface area (Å²) in [6.45, 7) is 11.0. The molecule has 3 heteroatoms. The van der Waals surface area contributed by atoms with Gasteiger partial charge in [-0.1, -0.05) is 68.4 Å². The standard InChI is InChI=1S/C31H35N2O/c1-5-19-32-26-16-10-9-15-25(26)31(4,22-24-14-8-7-13-23(24)3)29(32)21-30-33(20-6-2)27-17-11-12-18-28(27)34-30/h7-18,21H,5-6,19-20,22H2,1-4H3/q+1. The molecule has 0 saturated carbocycles. The molecule has 0 aromatic heterocycles. The summed E-state index contributed by atoms with van der Waals surface area (Å²) >= 11 is 0. The fourth-order valence-electron chi connectivity index (χ4n) is 5.55. The SMILES string of the molecule is CCCN1/C(=C/C2=[N+](CCC)c3ccccc3C2(C)Cc2ccccc2C)Oc2ccccc21. The minimum absolute atomic E-state index is 0.152. The molecule has 2 heterocycles. The second kappa shape index (κ2) is 9.13. The van der Waals surface area contributed by atoms with Crippen LogP contribution in [0.5, 0.6) is 5.75 Å². The van der Waals surface area contributed by atoms with E-state index in [4.69, 9.17) is 4.74 Å². The van der Waals surface area contributed by atoms with E-state index < -0.39 is 0 Å². The van der Waals surface area contributed by atoms with Crippen LogP contribution in [0.2, 0.25) is 0 Å². The summed E-state index contributed by atoms with van der Waals surface area (Å²) < 4.78 is 8.99. The van der Waals surface area contributed by atoms with Gasteiger partial charge in [0.25, 0.3) is 0 Å². The summed E-state index contributed by atoms with van der Waals surface area (Å²) in [4.78, 5) is 2.34. The van der Waals surface area contributed by atoms with Crippen molar-refractivity contribution in [2.75, 3.05) is 18.0 Å². The van der Waals surface area contributed by atoms with E-state index >= 15 is 0 Å². The van der Waals surface area contributed by atoms with Crippen molar-refractivity contribution in [1.29, 1.82) is 0 Å². The number of allylic oxidation sites excluding steroid dienone is 1. The van der Waals surface area contributed by atoms with Crippen LogP contribution in [0.4, 0.5) is 11.4 Å². The average Bonchev–Trinajstić information content (AvgIpc) is 3.30. The number of rotatable bonds is 7. The molecule has 34 heavy (non-hydrogen) atoms. The molecule has 1 unspecified atom stereocenters. The van der Waals surface area contributed by atoms with Crippen LogP contribution in [-0.4, -0.2) is 23.4 Å². The number of ether oxygens (including phenoxy) is 1. The molecule has 3 nitrogen and oxygen atoms in total. The van der Waals surface area contributed by atoms with Gasteiger partial charge >= 0.3 is 0 Å². The van der Waals surface area contributed by atoms with E-state index in [2.05, 4.69) is 116 Å². The largest absolute Gasteiger partial charge is 0.438 e. The van der Waals surface area contributed by atoms with Crippen molar-refractivity contribution in [3.63, 3.8) is 0 Å². The molecular weight excluding hydrogens is 416 g/mol.